The molecule has 0 saturated heterocycles. The van der Waals surface area contributed by atoms with Crippen LogP contribution in [-0.4, -0.2) is 35.4 Å². The lowest BCUT2D eigenvalue weighted by molar-refractivity contribution is -0.134. The molecule has 0 bridgehead atoms. The van der Waals surface area contributed by atoms with Gasteiger partial charge in [-0.15, -0.1) is 0 Å². The van der Waals surface area contributed by atoms with Crippen LogP contribution in [0.25, 0.3) is 10.9 Å². The van der Waals surface area contributed by atoms with Gasteiger partial charge in [-0.2, -0.15) is 0 Å². The van der Waals surface area contributed by atoms with Gasteiger partial charge in [0.1, 0.15) is 0 Å². The SMILES string of the molecule is C/C=C(\CC)Cn1c2c(c3cc(S(C)(=O)=O)cc(C(C)O)c31)CCC2.C=CC(=C)Cl.CC(=O)O. The van der Waals surface area contributed by atoms with Crippen molar-refractivity contribution >= 4 is 38.3 Å². The number of aryl methyl sites for hydroxylation is 1. The number of carboxylic acid groups (broad SMARTS) is 1. The predicted molar refractivity (Wildman–Crippen MR) is 140 cm³/mol. The number of benzene rings is 1. The van der Waals surface area contributed by atoms with Crippen LogP contribution < -0.4 is 0 Å². The molecule has 2 N–H and O–H groups in total. The Morgan fingerprint density at radius 2 is 1.88 bits per heavy atom. The van der Waals surface area contributed by atoms with Crippen molar-refractivity contribution in [1.82, 2.24) is 4.57 Å². The number of sulfone groups is 1. The number of rotatable bonds is 6. The van der Waals surface area contributed by atoms with Gasteiger partial charge >= 0.3 is 0 Å². The van der Waals surface area contributed by atoms with Gasteiger partial charge in [0.15, 0.2) is 9.84 Å². The smallest absolute Gasteiger partial charge is 0.300 e. The summed E-state index contributed by atoms with van der Waals surface area (Å²) in [5.74, 6) is -0.833. The summed E-state index contributed by atoms with van der Waals surface area (Å²) in [6.45, 7) is 14.5. The highest BCUT2D eigenvalue weighted by Gasteiger charge is 2.26. The molecular formula is C26H36ClNO5S. The van der Waals surface area contributed by atoms with E-state index in [1.165, 1.54) is 29.2 Å². The molecule has 1 aliphatic carbocycles. The van der Waals surface area contributed by atoms with E-state index in [-0.39, 0.29) is 0 Å². The van der Waals surface area contributed by atoms with Crippen molar-refractivity contribution in [2.24, 2.45) is 0 Å². The van der Waals surface area contributed by atoms with Crippen LogP contribution in [0.1, 0.15) is 63.5 Å². The number of aliphatic hydroxyl groups is 1. The van der Waals surface area contributed by atoms with Gasteiger partial charge in [-0.1, -0.05) is 49.4 Å². The van der Waals surface area contributed by atoms with E-state index in [1.807, 2.05) is 0 Å². The molecule has 3 rings (SSSR count). The first kappa shape index (κ1) is 29.7. The molecule has 6 nitrogen and oxygen atoms in total. The minimum absolute atomic E-state index is 0.296. The molecule has 1 heterocycles. The number of aliphatic hydroxyl groups excluding tert-OH is 1. The summed E-state index contributed by atoms with van der Waals surface area (Å²) >= 11 is 5.15. The Hall–Kier alpha value is -2.35. The van der Waals surface area contributed by atoms with Crippen LogP contribution in [0.15, 0.2) is 52.9 Å². The highest BCUT2D eigenvalue weighted by molar-refractivity contribution is 7.90. The van der Waals surface area contributed by atoms with E-state index < -0.39 is 21.9 Å². The van der Waals surface area contributed by atoms with Crippen molar-refractivity contribution in [3.63, 3.8) is 0 Å². The fraction of sp³-hybridized carbons (Fsp3) is 0.423. The van der Waals surface area contributed by atoms with Gasteiger partial charge in [-0.25, -0.2) is 8.42 Å². The second kappa shape index (κ2) is 12.9. The van der Waals surface area contributed by atoms with Crippen molar-refractivity contribution in [2.45, 2.75) is 70.9 Å². The molecule has 34 heavy (non-hydrogen) atoms. The molecular weight excluding hydrogens is 474 g/mol. The summed E-state index contributed by atoms with van der Waals surface area (Å²) < 4.78 is 26.6. The van der Waals surface area contributed by atoms with Crippen LogP contribution in [0.5, 0.6) is 0 Å². The molecule has 0 saturated carbocycles. The molecule has 1 aliphatic rings. The first-order chi connectivity index (χ1) is 15.8. The Kier molecular flexibility index (Phi) is 11.3. The van der Waals surface area contributed by atoms with E-state index in [0.29, 0.717) is 15.5 Å². The van der Waals surface area contributed by atoms with E-state index in [4.69, 9.17) is 21.5 Å². The standard InChI is InChI=1S/C20H27NO3S.C4H5Cl.C2H4O2/c1-5-14(6-2)12-21-19-9-7-8-16(19)18-11-15(25(4,23)24)10-17(13(3)22)20(18)21;1-3-4(2)5;1-2(3)4/h5,10-11,13,22H,6-9,12H2,1-4H3;3H,1-2H2;1H3,(H,3,4)/b14-5+;;. The average molecular weight is 510 g/mol. The zero-order valence-corrected chi connectivity index (χ0v) is 22.3. The van der Waals surface area contributed by atoms with E-state index >= 15 is 0 Å². The fourth-order valence-corrected chi connectivity index (χ4v) is 4.60. The molecule has 2 aromatic rings. The van der Waals surface area contributed by atoms with E-state index in [2.05, 4.69) is 37.6 Å². The minimum Gasteiger partial charge on any atom is -0.481 e. The molecule has 1 unspecified atom stereocenters. The lowest BCUT2D eigenvalue weighted by Crippen LogP contribution is -2.08. The molecule has 0 amide bonds. The topological polar surface area (TPSA) is 96.6 Å². The third-order valence-corrected chi connectivity index (χ3v) is 6.79. The molecule has 1 aromatic carbocycles. The first-order valence-electron chi connectivity index (χ1n) is 11.1. The number of carbonyl (C=O) groups is 1. The summed E-state index contributed by atoms with van der Waals surface area (Å²) in [7, 11) is -3.32. The second-order valence-corrected chi connectivity index (χ2v) is 10.7. The van der Waals surface area contributed by atoms with Crippen LogP contribution in [0, 0.1) is 0 Å². The molecule has 0 fully saturated rings. The third kappa shape index (κ3) is 7.86. The quantitative estimate of drug-likeness (QED) is 0.370. The lowest BCUT2D eigenvalue weighted by atomic mass is 10.0. The van der Waals surface area contributed by atoms with Crippen LogP contribution in [0.2, 0.25) is 0 Å². The third-order valence-electron chi connectivity index (χ3n) is 5.55. The summed E-state index contributed by atoms with van der Waals surface area (Å²) in [5, 5.41) is 19.3. The van der Waals surface area contributed by atoms with Crippen LogP contribution in [-0.2, 0) is 34.0 Å². The molecule has 0 radical (unpaired) electrons. The number of nitrogens with zero attached hydrogens (tertiary/aromatic N) is 1. The van der Waals surface area contributed by atoms with Gasteiger partial charge in [-0.3, -0.25) is 4.79 Å². The predicted octanol–water partition coefficient (Wildman–Crippen LogP) is 5.96. The number of aromatic nitrogens is 1. The fourth-order valence-electron chi connectivity index (χ4n) is 3.93. The van der Waals surface area contributed by atoms with Crippen LogP contribution >= 0.6 is 11.6 Å². The van der Waals surface area contributed by atoms with Crippen molar-refractivity contribution in [3.8, 4) is 0 Å². The van der Waals surface area contributed by atoms with E-state index in [1.54, 1.807) is 19.1 Å². The maximum absolute atomic E-state index is 12.1. The molecule has 0 spiro atoms. The Morgan fingerprint density at radius 3 is 2.29 bits per heavy atom. The molecule has 1 aromatic heterocycles. The number of hydrogen-bond donors (Lipinski definition) is 2. The number of fused-ring (bicyclic) bond motifs is 3. The summed E-state index contributed by atoms with van der Waals surface area (Å²) in [6, 6.07) is 3.45. The average Bonchev–Trinajstić information content (AvgIpc) is 3.32. The highest BCUT2D eigenvalue weighted by Crippen LogP contribution is 2.38. The van der Waals surface area contributed by atoms with Crippen LogP contribution in [0.4, 0.5) is 0 Å². The van der Waals surface area contributed by atoms with Gasteiger partial charge in [-0.05, 0) is 57.2 Å². The normalized spacial score (nSPS) is 13.8. The lowest BCUT2D eigenvalue weighted by Gasteiger charge is -2.16. The van der Waals surface area contributed by atoms with Crippen molar-refractivity contribution in [3.05, 3.63) is 64.9 Å². The van der Waals surface area contributed by atoms with Crippen molar-refractivity contribution in [2.75, 3.05) is 6.26 Å². The number of hydrogen-bond acceptors (Lipinski definition) is 4. The number of halogens is 1. The van der Waals surface area contributed by atoms with Gasteiger partial charge in [0.05, 0.1) is 16.5 Å². The summed E-state index contributed by atoms with van der Waals surface area (Å²) in [6.07, 6.45) is 8.23. The van der Waals surface area contributed by atoms with E-state index in [9.17, 15) is 13.5 Å². The molecule has 188 valence electrons. The molecule has 0 aliphatic heterocycles. The van der Waals surface area contributed by atoms with E-state index in [0.717, 1.165) is 50.1 Å². The number of carboxylic acids is 1. The molecule has 8 heteroatoms. The summed E-state index contributed by atoms with van der Waals surface area (Å²) in [4.78, 5) is 9.30. The number of aliphatic carboxylic acids is 1. The summed E-state index contributed by atoms with van der Waals surface area (Å²) in [5.41, 5.74) is 5.61. The van der Waals surface area contributed by atoms with Gasteiger partial charge in [0.2, 0.25) is 0 Å². The van der Waals surface area contributed by atoms with Crippen LogP contribution in [0.3, 0.4) is 0 Å². The first-order valence-corrected chi connectivity index (χ1v) is 13.4. The highest BCUT2D eigenvalue weighted by atomic mass is 35.5. The Balaban J connectivity index is 0.000000550. The number of allylic oxidation sites excluding steroid dienone is 4. The van der Waals surface area contributed by atoms with Crippen molar-refractivity contribution in [1.29, 1.82) is 0 Å². The Morgan fingerprint density at radius 1 is 1.32 bits per heavy atom. The largest absolute Gasteiger partial charge is 0.481 e. The maximum atomic E-state index is 12.1. The van der Waals surface area contributed by atoms with Gasteiger partial charge in [0, 0.05) is 41.4 Å². The van der Waals surface area contributed by atoms with Gasteiger partial charge in [0.25, 0.3) is 5.97 Å². The van der Waals surface area contributed by atoms with Gasteiger partial charge < -0.3 is 14.8 Å². The minimum atomic E-state index is -3.32. The second-order valence-electron chi connectivity index (χ2n) is 8.19. The Bertz CT molecular complexity index is 1190. The maximum Gasteiger partial charge on any atom is 0.300 e. The Labute approximate surface area is 208 Å². The molecule has 1 atom stereocenters. The monoisotopic (exact) mass is 509 g/mol. The zero-order chi connectivity index (χ0) is 26.2. The van der Waals surface area contributed by atoms with Crippen molar-refractivity contribution < 1.29 is 23.4 Å². The zero-order valence-electron chi connectivity index (χ0n) is 20.7.